The normalized spacial score (nSPS) is 17.7. The van der Waals surface area contributed by atoms with E-state index in [1.54, 1.807) is 35.2 Å². The van der Waals surface area contributed by atoms with E-state index in [0.717, 1.165) is 12.1 Å². The number of Topliss-reactive ketones (excluding diaryl/α,β-unsaturated/α-hetero) is 1. The fourth-order valence-electron chi connectivity index (χ4n) is 4.22. The third kappa shape index (κ3) is 5.59. The van der Waals surface area contributed by atoms with Gasteiger partial charge in [0.15, 0.2) is 5.78 Å². The Morgan fingerprint density at radius 1 is 1.11 bits per heavy atom. The number of anilines is 1. The zero-order valence-electron chi connectivity index (χ0n) is 19.4. The molecular formula is C26H25F2N3O5. The number of amides is 3. The minimum absolute atomic E-state index is 0.0160. The van der Waals surface area contributed by atoms with Crippen molar-refractivity contribution < 1.29 is 32.7 Å². The number of halogens is 2. The molecule has 1 atom stereocenters. The van der Waals surface area contributed by atoms with Crippen molar-refractivity contribution in [1.29, 1.82) is 0 Å². The molecule has 2 aromatic rings. The van der Waals surface area contributed by atoms with Crippen LogP contribution in [0, 0.1) is 11.6 Å². The van der Waals surface area contributed by atoms with Crippen LogP contribution in [0.4, 0.5) is 19.3 Å². The van der Waals surface area contributed by atoms with Crippen LogP contribution in [0.2, 0.25) is 0 Å². The molecule has 0 saturated carbocycles. The predicted molar refractivity (Wildman–Crippen MR) is 126 cm³/mol. The fraction of sp³-hybridized carbons (Fsp3) is 0.308. The molecule has 188 valence electrons. The maximum absolute atomic E-state index is 14.7. The monoisotopic (exact) mass is 497 g/mol. The number of alkyl carbamates (subject to hydrolysis) is 1. The molecule has 4 rings (SSSR count). The van der Waals surface area contributed by atoms with Crippen LogP contribution in [0.25, 0.3) is 0 Å². The molecule has 2 N–H and O–H groups in total. The molecule has 0 spiro atoms. The molecule has 2 aliphatic heterocycles. The van der Waals surface area contributed by atoms with Crippen LogP contribution in [0.3, 0.4) is 0 Å². The summed E-state index contributed by atoms with van der Waals surface area (Å²) in [4.78, 5) is 49.3. The first-order valence-electron chi connectivity index (χ1n) is 11.5. The second-order valence-electron chi connectivity index (χ2n) is 8.76. The molecule has 0 aromatic heterocycles. The zero-order valence-corrected chi connectivity index (χ0v) is 19.4. The Morgan fingerprint density at radius 2 is 1.78 bits per heavy atom. The summed E-state index contributed by atoms with van der Waals surface area (Å²) in [5, 5.41) is 4.77. The van der Waals surface area contributed by atoms with Crippen LogP contribution < -0.4 is 15.5 Å². The third-order valence-electron chi connectivity index (χ3n) is 6.21. The first-order valence-corrected chi connectivity index (χ1v) is 11.5. The highest BCUT2D eigenvalue weighted by Crippen LogP contribution is 2.33. The van der Waals surface area contributed by atoms with E-state index in [0.29, 0.717) is 24.2 Å². The van der Waals surface area contributed by atoms with E-state index in [2.05, 4.69) is 17.2 Å². The van der Waals surface area contributed by atoms with Crippen molar-refractivity contribution in [3.05, 3.63) is 77.4 Å². The van der Waals surface area contributed by atoms with Crippen LogP contribution in [0.5, 0.6) is 0 Å². The van der Waals surface area contributed by atoms with Crippen molar-refractivity contribution in [2.45, 2.75) is 31.2 Å². The second-order valence-corrected chi connectivity index (χ2v) is 8.76. The minimum Gasteiger partial charge on any atom is -0.449 e. The SMILES string of the molecule is C=C(CCOC(=O)NC1CN(c2cc(F)c(C3CCC(=O)NC3=O)c(F)c2)C1)C(=O)c1ccccc1. The standard InChI is InChI=1S/C26H25F2N3O5/c1-15(24(33)16-5-3-2-4-6-16)9-10-36-26(35)29-17-13-31(14-17)18-11-20(27)23(21(28)12-18)19-7-8-22(32)30-25(19)34/h2-6,11-12,17,19H,1,7-10,13-14H2,(H,29,35)(H,30,32,34). The van der Waals surface area contributed by atoms with E-state index in [9.17, 15) is 28.0 Å². The van der Waals surface area contributed by atoms with Gasteiger partial charge >= 0.3 is 6.09 Å². The molecule has 8 nitrogen and oxygen atoms in total. The molecule has 0 aliphatic carbocycles. The van der Waals surface area contributed by atoms with E-state index in [-0.39, 0.29) is 48.9 Å². The van der Waals surface area contributed by atoms with Gasteiger partial charge in [0.1, 0.15) is 11.6 Å². The van der Waals surface area contributed by atoms with Crippen LogP contribution in [0.15, 0.2) is 54.6 Å². The van der Waals surface area contributed by atoms with Crippen molar-refractivity contribution in [2.24, 2.45) is 0 Å². The molecule has 1 unspecified atom stereocenters. The number of nitrogens with one attached hydrogen (secondary N) is 2. The Bertz CT molecular complexity index is 1190. The second kappa shape index (κ2) is 10.7. The Hall–Kier alpha value is -4.08. The largest absolute Gasteiger partial charge is 0.449 e. The smallest absolute Gasteiger partial charge is 0.407 e. The molecule has 2 saturated heterocycles. The van der Waals surface area contributed by atoms with Gasteiger partial charge in [-0.15, -0.1) is 0 Å². The van der Waals surface area contributed by atoms with Crippen LogP contribution in [-0.4, -0.2) is 49.4 Å². The molecule has 2 aromatic carbocycles. The molecule has 3 amide bonds. The zero-order chi connectivity index (χ0) is 25.8. The summed E-state index contributed by atoms with van der Waals surface area (Å²) in [5.41, 5.74) is 0.770. The summed E-state index contributed by atoms with van der Waals surface area (Å²) in [5.74, 6) is -4.16. The lowest BCUT2D eigenvalue weighted by Crippen LogP contribution is -2.59. The van der Waals surface area contributed by atoms with Crippen LogP contribution >= 0.6 is 0 Å². The van der Waals surface area contributed by atoms with E-state index in [1.807, 2.05) is 0 Å². The number of carbonyl (C=O) groups is 4. The van der Waals surface area contributed by atoms with Crippen LogP contribution in [-0.2, 0) is 14.3 Å². The number of hydrogen-bond acceptors (Lipinski definition) is 6. The van der Waals surface area contributed by atoms with Gasteiger partial charge in [-0.1, -0.05) is 36.9 Å². The van der Waals surface area contributed by atoms with Crippen molar-refractivity contribution in [1.82, 2.24) is 10.6 Å². The fourth-order valence-corrected chi connectivity index (χ4v) is 4.22. The number of hydrogen-bond donors (Lipinski definition) is 2. The minimum atomic E-state index is -1.06. The maximum Gasteiger partial charge on any atom is 0.407 e. The summed E-state index contributed by atoms with van der Waals surface area (Å²) < 4.78 is 34.5. The highest BCUT2D eigenvalue weighted by atomic mass is 19.1. The molecule has 0 bridgehead atoms. The van der Waals surface area contributed by atoms with E-state index in [4.69, 9.17) is 4.74 Å². The number of benzene rings is 2. The van der Waals surface area contributed by atoms with Crippen LogP contribution in [0.1, 0.15) is 41.1 Å². The van der Waals surface area contributed by atoms with Gasteiger partial charge in [-0.2, -0.15) is 0 Å². The summed E-state index contributed by atoms with van der Waals surface area (Å²) >= 11 is 0. The predicted octanol–water partition coefficient (Wildman–Crippen LogP) is 3.23. The number of imide groups is 1. The molecule has 0 radical (unpaired) electrons. The number of piperidine rings is 1. The Labute approximate surface area is 206 Å². The van der Waals surface area contributed by atoms with Gasteiger partial charge in [0.2, 0.25) is 11.8 Å². The van der Waals surface area contributed by atoms with Gasteiger partial charge in [-0.05, 0) is 24.1 Å². The topological polar surface area (TPSA) is 105 Å². The van der Waals surface area contributed by atoms with Gasteiger partial charge in [0.25, 0.3) is 0 Å². The van der Waals surface area contributed by atoms with Gasteiger partial charge in [-0.3, -0.25) is 19.7 Å². The summed E-state index contributed by atoms with van der Waals surface area (Å²) in [7, 11) is 0. The molecular weight excluding hydrogens is 472 g/mol. The summed E-state index contributed by atoms with van der Waals surface area (Å²) in [6, 6.07) is 10.7. The number of ether oxygens (including phenoxy) is 1. The molecule has 10 heteroatoms. The Kier molecular flexibility index (Phi) is 7.42. The first kappa shape index (κ1) is 25.0. The van der Waals surface area contributed by atoms with Crippen molar-refractivity contribution >= 4 is 29.4 Å². The lowest BCUT2D eigenvalue weighted by Gasteiger charge is -2.41. The summed E-state index contributed by atoms with van der Waals surface area (Å²) in [6.07, 6.45) is -0.408. The van der Waals surface area contributed by atoms with E-state index >= 15 is 0 Å². The highest BCUT2D eigenvalue weighted by Gasteiger charge is 2.34. The van der Waals surface area contributed by atoms with Gasteiger partial charge < -0.3 is 15.0 Å². The number of carbonyl (C=O) groups excluding carboxylic acids is 4. The lowest BCUT2D eigenvalue weighted by atomic mass is 9.89. The van der Waals surface area contributed by atoms with Gasteiger partial charge in [0, 0.05) is 42.7 Å². The van der Waals surface area contributed by atoms with E-state index < -0.39 is 35.5 Å². The highest BCUT2D eigenvalue weighted by molar-refractivity contribution is 6.08. The average molecular weight is 497 g/mol. The first-order chi connectivity index (χ1) is 17.2. The average Bonchev–Trinajstić information content (AvgIpc) is 2.82. The lowest BCUT2D eigenvalue weighted by molar-refractivity contribution is -0.134. The molecule has 2 aliphatic rings. The third-order valence-corrected chi connectivity index (χ3v) is 6.21. The van der Waals surface area contributed by atoms with E-state index in [1.165, 1.54) is 0 Å². The van der Waals surface area contributed by atoms with Crippen molar-refractivity contribution in [3.8, 4) is 0 Å². The number of rotatable bonds is 8. The summed E-state index contributed by atoms with van der Waals surface area (Å²) in [6.45, 7) is 4.36. The van der Waals surface area contributed by atoms with Crippen molar-refractivity contribution in [3.63, 3.8) is 0 Å². The van der Waals surface area contributed by atoms with Gasteiger partial charge in [-0.25, -0.2) is 13.6 Å². The maximum atomic E-state index is 14.7. The van der Waals surface area contributed by atoms with Gasteiger partial charge in [0.05, 0.1) is 18.6 Å². The van der Waals surface area contributed by atoms with Crippen molar-refractivity contribution in [2.75, 3.05) is 24.6 Å². The molecule has 2 heterocycles. The molecule has 36 heavy (non-hydrogen) atoms. The molecule has 2 fully saturated rings. The number of nitrogens with zero attached hydrogens (tertiary/aromatic N) is 1. The Morgan fingerprint density at radius 3 is 2.42 bits per heavy atom. The number of ketones is 1. The Balaban J connectivity index is 1.23. The quantitative estimate of drug-likeness (QED) is 0.330.